The smallest absolute Gasteiger partial charge is 0.274 e. The molecule has 0 radical (unpaired) electrons. The number of rotatable bonds is 2. The van der Waals surface area contributed by atoms with E-state index >= 15 is 0 Å². The molecule has 0 saturated heterocycles. The molecule has 2 aromatic rings. The molecule has 1 aromatic carbocycles. The molecule has 1 N–H and O–H groups in total. The number of benzene rings is 1. The highest BCUT2D eigenvalue weighted by molar-refractivity contribution is 6.32. The van der Waals surface area contributed by atoms with Crippen LogP contribution in [-0.4, -0.2) is 22.4 Å². The number of hydrogen-bond acceptors (Lipinski definition) is 3. The van der Waals surface area contributed by atoms with Crippen LogP contribution in [0.1, 0.15) is 41.5 Å². The molecular weight excluding hydrogens is 304 g/mol. The minimum Gasteiger partial charge on any atom is -0.452 e. The largest absolute Gasteiger partial charge is 0.452 e. The van der Waals surface area contributed by atoms with Gasteiger partial charge in [0.1, 0.15) is 0 Å². The van der Waals surface area contributed by atoms with E-state index in [4.69, 9.17) is 16.0 Å². The molecule has 0 aliphatic rings. The normalized spacial score (nSPS) is 11.1. The standard InChI is InChI=1S/C16H17ClN2O3/c1-16(2,3)19(15(21)11-7-5-4-6-8-11)18-14(20)12-9-10-22-13(12)17/h4-10H,1-3H3,(H,18,20). The summed E-state index contributed by atoms with van der Waals surface area (Å²) in [5.74, 6) is -0.806. The van der Waals surface area contributed by atoms with Crippen LogP contribution in [0.3, 0.4) is 0 Å². The van der Waals surface area contributed by atoms with Gasteiger partial charge in [-0.1, -0.05) is 18.2 Å². The molecule has 0 spiro atoms. The lowest BCUT2D eigenvalue weighted by Crippen LogP contribution is -2.55. The lowest BCUT2D eigenvalue weighted by atomic mass is 10.1. The molecule has 6 heteroatoms. The molecule has 22 heavy (non-hydrogen) atoms. The topological polar surface area (TPSA) is 62.6 Å². The fourth-order valence-electron chi connectivity index (χ4n) is 1.85. The Hall–Kier alpha value is -2.27. The summed E-state index contributed by atoms with van der Waals surface area (Å²) in [5, 5.41) is 1.27. The van der Waals surface area contributed by atoms with Crippen LogP contribution in [0.4, 0.5) is 0 Å². The summed E-state index contributed by atoms with van der Waals surface area (Å²) in [6.45, 7) is 5.47. The first kappa shape index (κ1) is 16.1. The van der Waals surface area contributed by atoms with E-state index in [0.29, 0.717) is 5.56 Å². The van der Waals surface area contributed by atoms with Crippen LogP contribution in [0.25, 0.3) is 0 Å². The van der Waals surface area contributed by atoms with E-state index in [2.05, 4.69) is 5.43 Å². The fourth-order valence-corrected chi connectivity index (χ4v) is 2.05. The third kappa shape index (κ3) is 3.49. The van der Waals surface area contributed by atoms with Gasteiger partial charge in [0, 0.05) is 5.56 Å². The molecule has 2 amide bonds. The maximum Gasteiger partial charge on any atom is 0.274 e. The van der Waals surface area contributed by atoms with Crippen LogP contribution >= 0.6 is 11.6 Å². The molecule has 0 fully saturated rings. The molecule has 0 bridgehead atoms. The summed E-state index contributed by atoms with van der Waals surface area (Å²) >= 11 is 5.80. The molecular formula is C16H17ClN2O3. The van der Waals surface area contributed by atoms with Gasteiger partial charge in [0.15, 0.2) is 0 Å². The highest BCUT2D eigenvalue weighted by atomic mass is 35.5. The Balaban J connectivity index is 2.27. The van der Waals surface area contributed by atoms with Crippen LogP contribution in [-0.2, 0) is 0 Å². The van der Waals surface area contributed by atoms with Crippen LogP contribution in [0.2, 0.25) is 5.22 Å². The number of amides is 2. The summed E-state index contributed by atoms with van der Waals surface area (Å²) in [4.78, 5) is 24.9. The maximum atomic E-state index is 12.6. The molecule has 0 unspecified atom stereocenters. The van der Waals surface area contributed by atoms with Gasteiger partial charge < -0.3 is 4.42 Å². The van der Waals surface area contributed by atoms with Gasteiger partial charge in [-0.15, -0.1) is 0 Å². The molecule has 1 heterocycles. The lowest BCUT2D eigenvalue weighted by Gasteiger charge is -2.35. The van der Waals surface area contributed by atoms with Crippen LogP contribution < -0.4 is 5.43 Å². The van der Waals surface area contributed by atoms with E-state index in [1.165, 1.54) is 17.3 Å². The van der Waals surface area contributed by atoms with Gasteiger partial charge in [0.05, 0.1) is 17.4 Å². The average molecular weight is 321 g/mol. The maximum absolute atomic E-state index is 12.6. The third-order valence-corrected chi connectivity index (χ3v) is 3.26. The molecule has 0 atom stereocenters. The van der Waals surface area contributed by atoms with Crippen molar-refractivity contribution in [2.75, 3.05) is 0 Å². The van der Waals surface area contributed by atoms with Crippen molar-refractivity contribution in [3.8, 4) is 0 Å². The highest BCUT2D eigenvalue weighted by Crippen LogP contribution is 2.19. The van der Waals surface area contributed by atoms with Crippen molar-refractivity contribution in [3.05, 3.63) is 59.0 Å². The number of hydrogen-bond donors (Lipinski definition) is 1. The van der Waals surface area contributed by atoms with E-state index < -0.39 is 11.4 Å². The van der Waals surface area contributed by atoms with Gasteiger partial charge >= 0.3 is 0 Å². The Morgan fingerprint density at radius 2 is 1.77 bits per heavy atom. The summed E-state index contributed by atoms with van der Waals surface area (Å²) in [7, 11) is 0. The second-order valence-electron chi connectivity index (χ2n) is 5.73. The predicted molar refractivity (Wildman–Crippen MR) is 83.5 cm³/mol. The molecule has 116 valence electrons. The third-order valence-electron chi connectivity index (χ3n) is 2.97. The number of carbonyl (C=O) groups is 2. The van der Waals surface area contributed by atoms with Gasteiger partial charge in [0.25, 0.3) is 11.8 Å². The monoisotopic (exact) mass is 320 g/mol. The minimum absolute atomic E-state index is 0.0153. The van der Waals surface area contributed by atoms with Crippen molar-refractivity contribution < 1.29 is 14.0 Å². The molecule has 5 nitrogen and oxygen atoms in total. The SMILES string of the molecule is CC(C)(C)N(NC(=O)c1ccoc1Cl)C(=O)c1ccccc1. The first-order chi connectivity index (χ1) is 10.3. The van der Waals surface area contributed by atoms with E-state index in [0.717, 1.165) is 0 Å². The number of hydrazine groups is 1. The van der Waals surface area contributed by atoms with Crippen molar-refractivity contribution in [1.82, 2.24) is 10.4 Å². The molecule has 2 rings (SSSR count). The highest BCUT2D eigenvalue weighted by Gasteiger charge is 2.30. The fraction of sp³-hybridized carbons (Fsp3) is 0.250. The Bertz CT molecular complexity index is 674. The van der Waals surface area contributed by atoms with Gasteiger partial charge in [-0.25, -0.2) is 5.01 Å². The van der Waals surface area contributed by atoms with Gasteiger partial charge in [-0.3, -0.25) is 15.0 Å². The summed E-state index contributed by atoms with van der Waals surface area (Å²) in [5.41, 5.74) is 2.65. The molecule has 1 aromatic heterocycles. The average Bonchev–Trinajstić information content (AvgIpc) is 2.90. The minimum atomic E-state index is -0.612. The van der Waals surface area contributed by atoms with Crippen LogP contribution in [0, 0.1) is 0 Å². The second kappa shape index (κ2) is 6.23. The molecule has 0 saturated carbocycles. The Morgan fingerprint density at radius 3 is 2.27 bits per heavy atom. The number of carbonyl (C=O) groups excluding carboxylic acids is 2. The first-order valence-electron chi connectivity index (χ1n) is 6.74. The van der Waals surface area contributed by atoms with Gasteiger partial charge in [-0.2, -0.15) is 0 Å². The number of nitrogens with zero attached hydrogens (tertiary/aromatic N) is 1. The van der Waals surface area contributed by atoms with Crippen molar-refractivity contribution in [2.24, 2.45) is 0 Å². The van der Waals surface area contributed by atoms with Crippen molar-refractivity contribution in [3.63, 3.8) is 0 Å². The van der Waals surface area contributed by atoms with E-state index in [-0.39, 0.29) is 16.7 Å². The zero-order valence-corrected chi connectivity index (χ0v) is 13.3. The summed E-state index contributed by atoms with van der Waals surface area (Å²) in [6.07, 6.45) is 1.32. The van der Waals surface area contributed by atoms with Crippen molar-refractivity contribution in [2.45, 2.75) is 26.3 Å². The molecule has 0 aliphatic carbocycles. The van der Waals surface area contributed by atoms with Crippen molar-refractivity contribution >= 4 is 23.4 Å². The van der Waals surface area contributed by atoms with Gasteiger partial charge in [-0.05, 0) is 50.6 Å². The van der Waals surface area contributed by atoms with E-state index in [1.54, 1.807) is 24.3 Å². The summed E-state index contributed by atoms with van der Waals surface area (Å²) < 4.78 is 4.90. The lowest BCUT2D eigenvalue weighted by molar-refractivity contribution is 0.0358. The number of furan rings is 1. The zero-order valence-electron chi connectivity index (χ0n) is 12.6. The zero-order chi connectivity index (χ0) is 16.3. The predicted octanol–water partition coefficient (Wildman–Crippen LogP) is 3.52. The molecule has 0 aliphatic heterocycles. The number of halogens is 1. The Morgan fingerprint density at radius 1 is 1.14 bits per heavy atom. The van der Waals surface area contributed by atoms with E-state index in [9.17, 15) is 9.59 Å². The second-order valence-corrected chi connectivity index (χ2v) is 6.07. The van der Waals surface area contributed by atoms with E-state index in [1.807, 2.05) is 26.8 Å². The van der Waals surface area contributed by atoms with Crippen molar-refractivity contribution in [1.29, 1.82) is 0 Å². The quantitative estimate of drug-likeness (QED) is 0.861. The van der Waals surface area contributed by atoms with Crippen LogP contribution in [0.15, 0.2) is 47.1 Å². The first-order valence-corrected chi connectivity index (χ1v) is 7.12. The summed E-state index contributed by atoms with van der Waals surface area (Å²) in [6, 6.07) is 10.2. The Kier molecular flexibility index (Phi) is 4.56. The van der Waals surface area contributed by atoms with Gasteiger partial charge in [0.2, 0.25) is 5.22 Å². The Labute approximate surface area is 133 Å². The number of nitrogens with one attached hydrogen (secondary N) is 1. The van der Waals surface area contributed by atoms with Crippen LogP contribution in [0.5, 0.6) is 0 Å².